The third-order valence-corrected chi connectivity index (χ3v) is 15.3. The largest absolute Gasteiger partial charge is 0.497 e. The first-order chi connectivity index (χ1) is 45.8. The molecule has 0 saturated heterocycles. The van der Waals surface area contributed by atoms with Gasteiger partial charge in [0.05, 0.1) is 27.6 Å². The molecule has 12 rings (SSSR count). The van der Waals surface area contributed by atoms with Crippen molar-refractivity contribution >= 4 is 72.7 Å². The average Bonchev–Trinajstić information content (AvgIpc) is 1.65. The zero-order chi connectivity index (χ0) is 71.8. The number of nitrogens with one attached hydrogen (secondary N) is 5. The number of hydrazone groups is 1. The molecule has 32 heteroatoms. The molecule has 98 heavy (non-hydrogen) atoms. The number of rotatable bonds is 11. The molecule has 9 N–H and O–H groups in total. The predicted molar refractivity (Wildman–Crippen MR) is 376 cm³/mol. The van der Waals surface area contributed by atoms with Gasteiger partial charge < -0.3 is 15.0 Å². The Labute approximate surface area is 563 Å². The van der Waals surface area contributed by atoms with Crippen molar-refractivity contribution in [2.45, 2.75) is 112 Å². The monoisotopic (exact) mass is 1360 g/mol. The van der Waals surface area contributed by atoms with Gasteiger partial charge in [0.2, 0.25) is 0 Å². The molecule has 2 unspecified atom stereocenters. The SMILES string of the molecule is C=C(OC)c1ccc([N+](=O)[O-])cc1.CC(C)(C)C1=NNC(N=C(NO)c2ccc([N+](=O)[O-])cc2)C1.CC(C)(C)c1cc2nc(-c3ccc(N)cc3)nn2[nH]1.CC(C)(C)c1cc2nc(-c3ccc(N=S(C)(=O)O)cc3)nn2[nH]1.CC(C)(C)c1cc2nc(-c3ccc([N+](=O)[O-])cc3)nn2[nH]1. The van der Waals surface area contributed by atoms with E-state index < -0.39 is 24.8 Å². The summed E-state index contributed by atoms with van der Waals surface area (Å²) in [5, 5.41) is 68.1. The number of H-pyrrole nitrogens is 3. The minimum absolute atomic E-state index is 0.00328. The normalized spacial score (nSPS) is 13.8. The number of nitro groups is 3. The Balaban J connectivity index is 0.000000158. The van der Waals surface area contributed by atoms with Gasteiger partial charge in [-0.15, -0.1) is 15.3 Å². The molecule has 0 amide bonds. The average molecular weight is 1360 g/mol. The number of fused-ring (bicyclic) bond motifs is 3. The predicted octanol–water partition coefficient (Wildman–Crippen LogP) is 13.0. The van der Waals surface area contributed by atoms with Gasteiger partial charge >= 0.3 is 0 Å². The van der Waals surface area contributed by atoms with Crippen molar-refractivity contribution in [1.29, 1.82) is 0 Å². The van der Waals surface area contributed by atoms with Crippen LogP contribution >= 0.6 is 0 Å². The highest BCUT2D eigenvalue weighted by Gasteiger charge is 2.28. The van der Waals surface area contributed by atoms with Gasteiger partial charge in [-0.2, -0.15) is 23.4 Å². The summed E-state index contributed by atoms with van der Waals surface area (Å²) in [6.07, 6.45) is 1.54. The Morgan fingerprint density at radius 3 is 1.24 bits per heavy atom. The van der Waals surface area contributed by atoms with Crippen LogP contribution in [0.1, 0.15) is 118 Å². The van der Waals surface area contributed by atoms with E-state index in [1.165, 1.54) is 61.9 Å². The summed E-state index contributed by atoms with van der Waals surface area (Å²) < 4.78 is 34.1. The number of nitrogen functional groups attached to an aromatic ring is 1. The van der Waals surface area contributed by atoms with Crippen LogP contribution in [0.5, 0.6) is 0 Å². The van der Waals surface area contributed by atoms with Crippen LogP contribution in [-0.4, -0.2) is 119 Å². The maximum absolute atomic E-state index is 11.3. The number of aliphatic imine (C=N–C) groups is 1. The summed E-state index contributed by atoms with van der Waals surface area (Å²) in [6.45, 7) is 29.0. The van der Waals surface area contributed by atoms with E-state index in [4.69, 9.17) is 10.5 Å². The molecule has 1 aliphatic rings. The molecule has 7 heterocycles. The highest BCUT2D eigenvalue weighted by atomic mass is 32.2. The zero-order valence-corrected chi connectivity index (χ0v) is 57.4. The van der Waals surface area contributed by atoms with Gasteiger partial charge in [0, 0.05) is 145 Å². The topological polar surface area (TPSA) is 421 Å². The number of ether oxygens (including phenoxy) is 1. The van der Waals surface area contributed by atoms with Crippen molar-refractivity contribution < 1.29 is 33.5 Å². The summed E-state index contributed by atoms with van der Waals surface area (Å²) in [7, 11) is -1.65. The summed E-state index contributed by atoms with van der Waals surface area (Å²) in [4.78, 5) is 48.1. The van der Waals surface area contributed by atoms with Gasteiger partial charge in [-0.05, 0) is 84.9 Å². The number of aromatic nitrogens is 12. The van der Waals surface area contributed by atoms with Crippen molar-refractivity contribution in [3.05, 3.63) is 205 Å². The number of nitrogens with zero attached hydrogens (tertiary/aromatic N) is 15. The van der Waals surface area contributed by atoms with Gasteiger partial charge in [-0.1, -0.05) is 89.7 Å². The number of nitro benzene ring substituents is 3. The number of hydroxylamine groups is 1. The van der Waals surface area contributed by atoms with Crippen molar-refractivity contribution in [2.75, 3.05) is 19.1 Å². The van der Waals surface area contributed by atoms with E-state index in [0.717, 1.165) is 67.7 Å². The molecule has 6 aromatic heterocycles. The number of anilines is 1. The molecule has 0 bridgehead atoms. The van der Waals surface area contributed by atoms with E-state index in [1.54, 1.807) is 62.4 Å². The number of non-ortho nitro benzene ring substituents is 3. The van der Waals surface area contributed by atoms with Crippen molar-refractivity contribution in [1.82, 2.24) is 70.3 Å². The van der Waals surface area contributed by atoms with Crippen LogP contribution in [0.15, 0.2) is 161 Å². The minimum atomic E-state index is -3.15. The first-order valence-electron chi connectivity index (χ1n) is 30.4. The Bertz CT molecular complexity index is 4730. The molecule has 31 nitrogen and oxygen atoms in total. The fourth-order valence-corrected chi connectivity index (χ4v) is 9.52. The lowest BCUT2D eigenvalue weighted by Crippen LogP contribution is -2.27. The summed E-state index contributed by atoms with van der Waals surface area (Å²) in [6, 6.07) is 38.5. The Morgan fingerprint density at radius 2 is 0.939 bits per heavy atom. The lowest BCUT2D eigenvalue weighted by atomic mass is 9.88. The first kappa shape index (κ1) is 72.3. The van der Waals surface area contributed by atoms with E-state index >= 15 is 0 Å². The van der Waals surface area contributed by atoms with Crippen molar-refractivity contribution in [3.63, 3.8) is 0 Å². The van der Waals surface area contributed by atoms with Crippen LogP contribution in [0.2, 0.25) is 0 Å². The van der Waals surface area contributed by atoms with Crippen LogP contribution in [0.25, 0.3) is 56.9 Å². The van der Waals surface area contributed by atoms with Crippen LogP contribution in [0, 0.1) is 35.8 Å². The Kier molecular flexibility index (Phi) is 21.6. The number of hydrogen-bond acceptors (Lipinski definition) is 20. The van der Waals surface area contributed by atoms with E-state index in [-0.39, 0.29) is 50.7 Å². The number of amidine groups is 1. The van der Waals surface area contributed by atoms with Gasteiger partial charge in [0.15, 0.2) is 50.3 Å². The fraction of sp³-hybridized carbons (Fsp3) is 0.303. The highest BCUT2D eigenvalue weighted by molar-refractivity contribution is 7.87. The number of aromatic amines is 3. The number of hydrogen-bond donors (Lipinski definition) is 8. The number of nitrogens with two attached hydrogens (primary N) is 1. The van der Waals surface area contributed by atoms with Crippen molar-refractivity contribution in [2.24, 2.45) is 19.9 Å². The van der Waals surface area contributed by atoms with Crippen molar-refractivity contribution in [3.8, 4) is 34.2 Å². The second-order valence-corrected chi connectivity index (χ2v) is 28.4. The third-order valence-electron chi connectivity index (χ3n) is 14.7. The van der Waals surface area contributed by atoms with Gasteiger partial charge in [-0.3, -0.25) is 61.8 Å². The number of benzene rings is 5. The van der Waals surface area contributed by atoms with Crippen LogP contribution in [0.4, 0.5) is 28.4 Å². The summed E-state index contributed by atoms with van der Waals surface area (Å²) >= 11 is 0. The zero-order valence-electron chi connectivity index (χ0n) is 56.6. The quantitative estimate of drug-likeness (QED) is 0.0149. The standard InChI is InChI=1S/C15H19N5O2S.C14H19N5O3.C14H15N5O2.C14H17N5.C9H9NO3/c1-15(2,3)12-9-13-16-14(18-20(13)17-12)10-5-7-11(8-6-10)19-23(4,21)22;1-14(2,3)11-8-12(17-16-11)15-13(18-20)9-4-6-10(7-5-9)19(21)22;1-14(2,3)11-8-12-15-13(17-18(12)16-11)9-4-6-10(7-5-9)19(20)21;1-14(2,3)11-8-12-16-13(18-19(12)17-11)9-4-6-10(15)7-5-9;1-7(13-2)8-3-5-9(6-4-8)10(11)12/h5-9,17H,1-4H3,(H,19,21,22);4-7,12,17,20H,8H2,1-3H3,(H,15,18);4-8,16H,1-3H3;4-8,17H,15H2,1-3H3;3-6H,1H2,2H3. The third kappa shape index (κ3) is 18.9. The van der Waals surface area contributed by atoms with Gasteiger partial charge in [-0.25, -0.2) is 24.2 Å². The summed E-state index contributed by atoms with van der Waals surface area (Å²) in [5.41, 5.74) is 22.3. The lowest BCUT2D eigenvalue weighted by molar-refractivity contribution is -0.385. The maximum atomic E-state index is 11.3. The van der Waals surface area contributed by atoms with Crippen LogP contribution in [-0.2, 0) is 31.0 Å². The minimum Gasteiger partial charge on any atom is -0.497 e. The number of methoxy groups -OCH3 is 1. The molecule has 0 aliphatic carbocycles. The molecule has 0 saturated carbocycles. The molecule has 0 radical (unpaired) electrons. The molecule has 1 aliphatic heterocycles. The van der Waals surface area contributed by atoms with E-state index in [1.807, 2.05) is 47.9 Å². The molecule has 5 aromatic carbocycles. The lowest BCUT2D eigenvalue weighted by Gasteiger charge is -2.17. The Hall–Kier alpha value is -11.5. The maximum Gasteiger partial charge on any atom is 0.269 e. The molecular formula is C66H79N21O10S. The van der Waals surface area contributed by atoms with Gasteiger partial charge in [0.1, 0.15) is 11.9 Å². The molecule has 514 valence electrons. The fourth-order valence-electron chi connectivity index (χ4n) is 9.00. The second kappa shape index (κ2) is 29.2. The van der Waals surface area contributed by atoms with E-state index in [2.05, 4.69) is 155 Å². The van der Waals surface area contributed by atoms with Crippen LogP contribution in [0.3, 0.4) is 0 Å². The van der Waals surface area contributed by atoms with E-state index in [9.17, 15) is 44.3 Å². The first-order valence-corrected chi connectivity index (χ1v) is 32.3. The highest BCUT2D eigenvalue weighted by Crippen LogP contribution is 2.29. The smallest absolute Gasteiger partial charge is 0.269 e. The molecule has 2 atom stereocenters. The molecule has 11 aromatic rings. The Morgan fingerprint density at radius 1 is 0.592 bits per heavy atom. The summed E-state index contributed by atoms with van der Waals surface area (Å²) in [5.74, 6) is 2.56. The molecule has 0 fully saturated rings. The van der Waals surface area contributed by atoms with Crippen LogP contribution < -0.4 is 16.6 Å². The van der Waals surface area contributed by atoms with E-state index in [0.29, 0.717) is 40.9 Å². The second-order valence-electron chi connectivity index (χ2n) is 26.7. The van der Waals surface area contributed by atoms with Gasteiger partial charge in [0.25, 0.3) is 17.1 Å². The molecule has 0 spiro atoms. The molecular weight excluding hydrogens is 1280 g/mol.